The Morgan fingerprint density at radius 1 is 1.30 bits per heavy atom. The van der Waals surface area contributed by atoms with E-state index in [1.165, 1.54) is 24.3 Å². The molecular weight excluding hydrogens is 261 g/mol. The topological polar surface area (TPSA) is 56.2 Å². The molecule has 0 bridgehead atoms. The summed E-state index contributed by atoms with van der Waals surface area (Å²) < 4.78 is 20.0. The highest BCUT2D eigenvalue weighted by Crippen LogP contribution is 2.20. The van der Waals surface area contributed by atoms with Crippen molar-refractivity contribution in [3.05, 3.63) is 42.3 Å². The predicted octanol–water partition coefficient (Wildman–Crippen LogP) is 2.36. The van der Waals surface area contributed by atoms with Crippen LogP contribution in [-0.4, -0.2) is 21.3 Å². The van der Waals surface area contributed by atoms with Crippen molar-refractivity contribution in [3.63, 3.8) is 0 Å². The lowest BCUT2D eigenvalue weighted by molar-refractivity contribution is -0.128. The quantitative estimate of drug-likeness (QED) is 0.933. The molecule has 1 N–H and O–H groups in total. The minimum absolute atomic E-state index is 0.333. The lowest BCUT2D eigenvalue weighted by atomic mass is 10.1. The fraction of sp³-hybridized carbons (Fsp3) is 0.286. The summed E-state index contributed by atoms with van der Waals surface area (Å²) in [5.41, 5.74) is -1.10. The van der Waals surface area contributed by atoms with Gasteiger partial charge in [0, 0.05) is 19.3 Å². The highest BCUT2D eigenvalue weighted by molar-refractivity contribution is 5.96. The maximum absolute atomic E-state index is 12.8. The fourth-order valence-corrected chi connectivity index (χ4v) is 1.59. The largest absolute Gasteiger partial charge is 0.478 e. The molecule has 1 amide bonds. The first-order valence-electron chi connectivity index (χ1n) is 6.12. The van der Waals surface area contributed by atoms with Gasteiger partial charge < -0.3 is 10.1 Å². The Labute approximate surface area is 116 Å². The van der Waals surface area contributed by atoms with Crippen molar-refractivity contribution < 1.29 is 13.9 Å². The van der Waals surface area contributed by atoms with E-state index in [1.54, 1.807) is 37.8 Å². The molecule has 1 aromatic carbocycles. The molecule has 106 valence electrons. The number of hydrogen-bond donors (Lipinski definition) is 1. The SMILES string of the molecule is Cn1ccc(NC(=O)C(C)(C)Oc2ccc(F)cc2)n1. The molecule has 2 rings (SSSR count). The summed E-state index contributed by atoms with van der Waals surface area (Å²) >= 11 is 0. The summed E-state index contributed by atoms with van der Waals surface area (Å²) in [5, 5.41) is 6.73. The van der Waals surface area contributed by atoms with E-state index >= 15 is 0 Å². The van der Waals surface area contributed by atoms with Crippen LogP contribution in [0.25, 0.3) is 0 Å². The summed E-state index contributed by atoms with van der Waals surface area (Å²) in [4.78, 5) is 12.2. The summed E-state index contributed by atoms with van der Waals surface area (Å²) in [6.45, 7) is 3.27. The first kappa shape index (κ1) is 14.0. The number of amides is 1. The number of aromatic nitrogens is 2. The van der Waals surface area contributed by atoms with Crippen molar-refractivity contribution in [2.24, 2.45) is 7.05 Å². The van der Waals surface area contributed by atoms with Gasteiger partial charge in [0.15, 0.2) is 11.4 Å². The van der Waals surface area contributed by atoms with Crippen LogP contribution < -0.4 is 10.1 Å². The maximum Gasteiger partial charge on any atom is 0.269 e. The van der Waals surface area contributed by atoms with Gasteiger partial charge in [0.05, 0.1) is 0 Å². The number of aryl methyl sites for hydroxylation is 1. The normalized spacial score (nSPS) is 11.2. The number of benzene rings is 1. The smallest absolute Gasteiger partial charge is 0.269 e. The van der Waals surface area contributed by atoms with Crippen LogP contribution in [0.15, 0.2) is 36.5 Å². The van der Waals surface area contributed by atoms with E-state index < -0.39 is 5.60 Å². The zero-order valence-electron chi connectivity index (χ0n) is 11.6. The second-order valence-corrected chi connectivity index (χ2v) is 4.90. The Hall–Kier alpha value is -2.37. The van der Waals surface area contributed by atoms with E-state index in [9.17, 15) is 9.18 Å². The van der Waals surface area contributed by atoms with E-state index in [4.69, 9.17) is 4.74 Å². The lowest BCUT2D eigenvalue weighted by Crippen LogP contribution is -2.42. The minimum atomic E-state index is -1.10. The van der Waals surface area contributed by atoms with Gasteiger partial charge in [-0.15, -0.1) is 0 Å². The standard InChI is InChI=1S/C14H16FN3O2/c1-14(2,20-11-6-4-10(15)5-7-11)13(19)16-12-8-9-18(3)17-12/h4-9H,1-3H3,(H,16,17,19). The summed E-state index contributed by atoms with van der Waals surface area (Å²) in [6.07, 6.45) is 1.73. The van der Waals surface area contributed by atoms with Gasteiger partial charge in [0.2, 0.25) is 0 Å². The van der Waals surface area contributed by atoms with Gasteiger partial charge >= 0.3 is 0 Å². The van der Waals surface area contributed by atoms with E-state index in [2.05, 4.69) is 10.4 Å². The third-order valence-corrected chi connectivity index (χ3v) is 2.69. The zero-order chi connectivity index (χ0) is 14.8. The second-order valence-electron chi connectivity index (χ2n) is 4.90. The molecule has 0 aliphatic rings. The van der Waals surface area contributed by atoms with Gasteiger partial charge in [-0.3, -0.25) is 9.48 Å². The van der Waals surface area contributed by atoms with Gasteiger partial charge in [0.1, 0.15) is 11.6 Å². The fourth-order valence-electron chi connectivity index (χ4n) is 1.59. The minimum Gasteiger partial charge on any atom is -0.478 e. The van der Waals surface area contributed by atoms with E-state index in [1.807, 2.05) is 0 Å². The molecule has 0 aliphatic carbocycles. The Kier molecular flexibility index (Phi) is 3.74. The molecule has 5 nitrogen and oxygen atoms in total. The number of halogens is 1. The van der Waals surface area contributed by atoms with E-state index in [0.717, 1.165) is 0 Å². The second kappa shape index (κ2) is 5.32. The molecule has 0 unspecified atom stereocenters. The summed E-state index contributed by atoms with van der Waals surface area (Å²) in [6, 6.07) is 7.20. The molecule has 0 saturated heterocycles. The Balaban J connectivity index is 2.05. The molecule has 0 atom stereocenters. The maximum atomic E-state index is 12.8. The Morgan fingerprint density at radius 3 is 2.50 bits per heavy atom. The zero-order valence-corrected chi connectivity index (χ0v) is 11.6. The molecular formula is C14H16FN3O2. The first-order valence-corrected chi connectivity index (χ1v) is 6.12. The van der Waals surface area contributed by atoms with Crippen LogP contribution in [0.1, 0.15) is 13.8 Å². The Bertz CT molecular complexity index is 605. The molecule has 6 heteroatoms. The molecule has 1 aromatic heterocycles. The van der Waals surface area contributed by atoms with Gasteiger partial charge in [-0.2, -0.15) is 5.10 Å². The number of rotatable bonds is 4. The average molecular weight is 277 g/mol. The van der Waals surface area contributed by atoms with Gasteiger partial charge in [0.25, 0.3) is 5.91 Å². The molecule has 20 heavy (non-hydrogen) atoms. The van der Waals surface area contributed by atoms with Gasteiger partial charge in [-0.25, -0.2) is 4.39 Å². The monoisotopic (exact) mass is 277 g/mol. The predicted molar refractivity (Wildman–Crippen MR) is 72.9 cm³/mol. The van der Waals surface area contributed by atoms with E-state index in [-0.39, 0.29) is 11.7 Å². The van der Waals surface area contributed by atoms with Crippen molar-refractivity contribution in [2.45, 2.75) is 19.4 Å². The molecule has 1 heterocycles. The van der Waals surface area contributed by atoms with Gasteiger partial charge in [-0.05, 0) is 38.1 Å². The number of anilines is 1. The Morgan fingerprint density at radius 2 is 1.95 bits per heavy atom. The van der Waals surface area contributed by atoms with Gasteiger partial charge in [-0.1, -0.05) is 0 Å². The first-order chi connectivity index (χ1) is 9.37. The van der Waals surface area contributed by atoms with Crippen LogP contribution in [-0.2, 0) is 11.8 Å². The highest BCUT2D eigenvalue weighted by Gasteiger charge is 2.30. The summed E-state index contributed by atoms with van der Waals surface area (Å²) in [7, 11) is 1.76. The van der Waals surface area contributed by atoms with Crippen LogP contribution in [0.5, 0.6) is 5.75 Å². The number of nitrogens with zero attached hydrogens (tertiary/aromatic N) is 2. The number of carbonyl (C=O) groups excluding carboxylic acids is 1. The summed E-state index contributed by atoms with van der Waals surface area (Å²) in [5.74, 6) is 0.189. The van der Waals surface area contributed by atoms with Crippen molar-refractivity contribution in [2.75, 3.05) is 5.32 Å². The molecule has 0 aliphatic heterocycles. The number of nitrogens with one attached hydrogen (secondary N) is 1. The molecule has 0 saturated carbocycles. The van der Waals surface area contributed by atoms with E-state index in [0.29, 0.717) is 11.6 Å². The third-order valence-electron chi connectivity index (χ3n) is 2.69. The van der Waals surface area contributed by atoms with Crippen LogP contribution in [0, 0.1) is 5.82 Å². The van der Waals surface area contributed by atoms with Crippen molar-refractivity contribution in [3.8, 4) is 5.75 Å². The lowest BCUT2D eigenvalue weighted by Gasteiger charge is -2.24. The third kappa shape index (κ3) is 3.34. The van der Waals surface area contributed by atoms with Crippen LogP contribution in [0.3, 0.4) is 0 Å². The van der Waals surface area contributed by atoms with Crippen molar-refractivity contribution >= 4 is 11.7 Å². The van der Waals surface area contributed by atoms with Crippen LogP contribution in [0.4, 0.5) is 10.2 Å². The van der Waals surface area contributed by atoms with Crippen LogP contribution >= 0.6 is 0 Å². The average Bonchev–Trinajstić information content (AvgIpc) is 2.77. The molecule has 0 radical (unpaired) electrons. The highest BCUT2D eigenvalue weighted by atomic mass is 19.1. The molecule has 0 spiro atoms. The van der Waals surface area contributed by atoms with Crippen molar-refractivity contribution in [1.82, 2.24) is 9.78 Å². The molecule has 2 aromatic rings. The number of hydrogen-bond acceptors (Lipinski definition) is 3. The molecule has 0 fully saturated rings. The number of ether oxygens (including phenoxy) is 1. The number of carbonyl (C=O) groups is 1. The van der Waals surface area contributed by atoms with Crippen LogP contribution in [0.2, 0.25) is 0 Å². The van der Waals surface area contributed by atoms with Crippen molar-refractivity contribution in [1.29, 1.82) is 0 Å².